The van der Waals surface area contributed by atoms with Crippen LogP contribution in [0.4, 0.5) is 15.9 Å². The maximum Gasteiger partial charge on any atom is 0.175 e. The molecular formula is C66H91FN8S2. The molecule has 0 radical (unpaired) electrons. The number of aryl methyl sites for hydroxylation is 3. The van der Waals surface area contributed by atoms with Crippen LogP contribution < -0.4 is 25.1 Å². The first kappa shape index (κ1) is 59.7. The van der Waals surface area contributed by atoms with Gasteiger partial charge in [-0.3, -0.25) is 9.71 Å². The molecule has 0 bridgehead atoms. The molecule has 11 heteroatoms. The van der Waals surface area contributed by atoms with Gasteiger partial charge < -0.3 is 14.5 Å². The molecule has 3 aromatic rings. The van der Waals surface area contributed by atoms with E-state index in [1.165, 1.54) is 72.9 Å². The van der Waals surface area contributed by atoms with Crippen LogP contribution in [0.1, 0.15) is 191 Å². The van der Waals surface area contributed by atoms with E-state index in [1.54, 1.807) is 23.9 Å². The highest BCUT2D eigenvalue weighted by Crippen LogP contribution is 2.41. The van der Waals surface area contributed by atoms with Crippen LogP contribution in [-0.2, 0) is 19.3 Å². The molecule has 414 valence electrons. The fourth-order valence-corrected chi connectivity index (χ4v) is 12.5. The van der Waals surface area contributed by atoms with Crippen LogP contribution in [0.25, 0.3) is 23.0 Å². The largest absolute Gasteiger partial charge is 0.365 e. The first-order chi connectivity index (χ1) is 37.4. The average Bonchev–Trinajstić information content (AvgIpc) is 4.31. The Bertz CT molecular complexity index is 2860. The molecule has 77 heavy (non-hydrogen) atoms. The van der Waals surface area contributed by atoms with E-state index in [2.05, 4.69) is 121 Å². The summed E-state index contributed by atoms with van der Waals surface area (Å²) in [5, 5.41) is 18.3. The molecule has 0 amide bonds. The number of anilines is 2. The molecule has 2 unspecified atom stereocenters. The first-order valence-electron chi connectivity index (χ1n) is 29.4. The molecule has 2 fully saturated rings. The van der Waals surface area contributed by atoms with Crippen LogP contribution in [0.5, 0.6) is 0 Å². The Morgan fingerprint density at radius 1 is 0.948 bits per heavy atom. The number of hydrogen-bond acceptors (Lipinski definition) is 9. The zero-order chi connectivity index (χ0) is 55.0. The van der Waals surface area contributed by atoms with E-state index in [9.17, 15) is 0 Å². The number of benzene rings is 2. The number of aliphatic imine (C=N–C) groups is 1. The van der Waals surface area contributed by atoms with Crippen molar-refractivity contribution in [3.05, 3.63) is 140 Å². The Balaban J connectivity index is 0.00000164. The predicted octanol–water partition coefficient (Wildman–Crippen LogP) is 16.0. The molecule has 3 heterocycles. The normalized spacial score (nSPS) is 20.7. The highest BCUT2D eigenvalue weighted by molar-refractivity contribution is 8.03. The first-order valence-corrected chi connectivity index (χ1v) is 31.1. The smallest absolute Gasteiger partial charge is 0.175 e. The van der Waals surface area contributed by atoms with Gasteiger partial charge in [0.05, 0.1) is 18.0 Å². The number of rotatable bonds is 21. The number of nitrogens with one attached hydrogen (secondary N) is 2. The second kappa shape index (κ2) is 28.8. The quantitative estimate of drug-likeness (QED) is 0.0472. The Morgan fingerprint density at radius 3 is 2.39 bits per heavy atom. The Labute approximate surface area is 472 Å². The summed E-state index contributed by atoms with van der Waals surface area (Å²) in [4.78, 5) is 17.9. The number of halogens is 1. The van der Waals surface area contributed by atoms with E-state index in [0.29, 0.717) is 28.8 Å². The van der Waals surface area contributed by atoms with Crippen LogP contribution in [0.2, 0.25) is 0 Å². The van der Waals surface area contributed by atoms with Crippen molar-refractivity contribution in [2.24, 2.45) is 10.4 Å². The monoisotopic (exact) mass is 1080 g/mol. The van der Waals surface area contributed by atoms with Gasteiger partial charge in [-0.1, -0.05) is 147 Å². The maximum absolute atomic E-state index is 16.5. The summed E-state index contributed by atoms with van der Waals surface area (Å²) in [7, 11) is 4.20. The van der Waals surface area contributed by atoms with Crippen molar-refractivity contribution in [1.29, 1.82) is 5.41 Å². The summed E-state index contributed by atoms with van der Waals surface area (Å²) in [6.45, 7) is 22.4. The summed E-state index contributed by atoms with van der Waals surface area (Å²) < 4.78 is 20.8. The van der Waals surface area contributed by atoms with Gasteiger partial charge in [-0.2, -0.15) is 0 Å². The summed E-state index contributed by atoms with van der Waals surface area (Å²) in [5.74, 6) is 1.75. The standard InChI is InChI=1S/C61H79FN8S2.C3H6.C2H6/c1-9-13-14-15-39-71-68(7)53(65-50-42-70(38-31-44(50)10-2)51-29-19-26-45-23-16-22-43(5)54(45)51)30-34-61(33-20-37-64-61)36-35-60(6,12-4)32-21-40-72-69(8)59-49-41-47-27-17-24-46-25-18-28-48(55(46)47)57(63)56(62)58(49)66-52(11-3)67-59;1-2-3-1;1-2/h10,15,18-19,21-22,25-29,39-41,63-64H,2,9,11-14,16-17,20,23-24,30-38,42H2,1,3-8H3;1-3H2;1-2H3/b39-15+,40-21+,49-41+,58-56-,63-57?,65-53?;;. The molecule has 4 aliphatic carbocycles. The van der Waals surface area contributed by atoms with Crippen molar-refractivity contribution < 1.29 is 4.39 Å². The number of nitrogens with zero attached hydrogens (tertiary/aromatic N) is 6. The van der Waals surface area contributed by atoms with Crippen LogP contribution in [0, 0.1) is 10.8 Å². The van der Waals surface area contributed by atoms with Gasteiger partial charge in [0.2, 0.25) is 0 Å². The minimum Gasteiger partial charge on any atom is -0.365 e. The lowest BCUT2D eigenvalue weighted by Crippen LogP contribution is -2.42. The lowest BCUT2D eigenvalue weighted by molar-refractivity contribution is 0.220. The number of fused-ring (bicyclic) bond motifs is 2. The third-order valence-electron chi connectivity index (χ3n) is 16.3. The van der Waals surface area contributed by atoms with Crippen molar-refractivity contribution in [3.8, 4) is 0 Å². The molecule has 0 spiro atoms. The number of allylic oxidation sites excluding steroid dienone is 7. The molecule has 2 aliphatic heterocycles. The maximum atomic E-state index is 16.5. The molecule has 2 N–H and O–H groups in total. The summed E-state index contributed by atoms with van der Waals surface area (Å²) in [6.07, 6.45) is 35.3. The van der Waals surface area contributed by atoms with E-state index in [4.69, 9.17) is 20.4 Å². The zero-order valence-corrected chi connectivity index (χ0v) is 50.1. The van der Waals surface area contributed by atoms with Crippen LogP contribution in [0.3, 0.4) is 0 Å². The van der Waals surface area contributed by atoms with Gasteiger partial charge in [-0.15, -0.1) is 0 Å². The van der Waals surface area contributed by atoms with Gasteiger partial charge >= 0.3 is 0 Å². The molecule has 1 saturated carbocycles. The zero-order valence-electron chi connectivity index (χ0n) is 48.4. The minimum atomic E-state index is -0.603. The fourth-order valence-electron chi connectivity index (χ4n) is 11.2. The summed E-state index contributed by atoms with van der Waals surface area (Å²) >= 11 is 3.33. The molecule has 2 atom stereocenters. The van der Waals surface area contributed by atoms with E-state index < -0.39 is 5.83 Å². The fraction of sp³-hybridized carbons (Fsp3) is 0.515. The van der Waals surface area contributed by atoms with E-state index in [0.717, 1.165) is 125 Å². The third kappa shape index (κ3) is 15.2. The van der Waals surface area contributed by atoms with E-state index in [-0.39, 0.29) is 22.0 Å². The van der Waals surface area contributed by atoms with Gasteiger partial charge in [0.25, 0.3) is 0 Å². The number of hydrogen-bond donors (Lipinski definition) is 2. The van der Waals surface area contributed by atoms with Crippen LogP contribution >= 0.6 is 23.9 Å². The van der Waals surface area contributed by atoms with Crippen LogP contribution in [-0.4, -0.2) is 65.1 Å². The van der Waals surface area contributed by atoms with Crippen LogP contribution in [0.15, 0.2) is 100 Å². The van der Waals surface area contributed by atoms with Gasteiger partial charge in [-0.05, 0) is 176 Å². The predicted molar refractivity (Wildman–Crippen MR) is 335 cm³/mol. The average molecular weight is 1080 g/mol. The summed E-state index contributed by atoms with van der Waals surface area (Å²) in [6, 6.07) is 12.8. The van der Waals surface area contributed by atoms with Gasteiger partial charge in [0.15, 0.2) is 5.83 Å². The SMILES string of the molecule is C1CC1.C=CC1=C(N=C(CCC2(CCC(C)(CC)C/C=C/SN(C)c3nc(CC)nc4/c3=C\C3=CCCc5cccc(c53)C(=N)\C=4F)CCCN2)N(C)S/C=C/CCCC)CN(c2cccc3c2C(C)=CCC3)CC1.CC. The molecule has 8 nitrogen and oxygen atoms in total. The van der Waals surface area contributed by atoms with Gasteiger partial charge in [0.1, 0.15) is 22.8 Å². The summed E-state index contributed by atoms with van der Waals surface area (Å²) in [5.41, 5.74) is 11.8. The topological polar surface area (TPSA) is 83.7 Å². The highest BCUT2D eigenvalue weighted by atomic mass is 32.2. The molecule has 6 aliphatic rings. The van der Waals surface area contributed by atoms with Gasteiger partial charge in [0, 0.05) is 61.1 Å². The van der Waals surface area contributed by atoms with E-state index >= 15 is 4.39 Å². The Hall–Kier alpha value is -4.97. The molecule has 9 rings (SSSR count). The van der Waals surface area contributed by atoms with E-state index in [1.807, 2.05) is 50.3 Å². The third-order valence-corrected chi connectivity index (χ3v) is 17.9. The second-order valence-corrected chi connectivity index (χ2v) is 24.0. The Kier molecular flexibility index (Phi) is 22.3. The minimum absolute atomic E-state index is 0.0500. The molecule has 1 aromatic heterocycles. The van der Waals surface area contributed by atoms with Crippen molar-refractivity contribution >= 4 is 70.0 Å². The number of unbranched alkanes of at least 4 members (excludes halogenated alkanes) is 2. The molecule has 2 aromatic carbocycles. The van der Waals surface area contributed by atoms with Crippen molar-refractivity contribution in [1.82, 2.24) is 19.6 Å². The molecule has 1 saturated heterocycles. The van der Waals surface area contributed by atoms with Gasteiger partial charge in [-0.25, -0.2) is 19.4 Å². The van der Waals surface area contributed by atoms with Crippen molar-refractivity contribution in [2.75, 3.05) is 42.9 Å². The highest BCUT2D eigenvalue weighted by Gasteiger charge is 2.36. The lowest BCUT2D eigenvalue weighted by atomic mass is 9.74. The molecular weight excluding hydrogens is 988 g/mol. The number of aromatic nitrogens is 2. The second-order valence-electron chi connectivity index (χ2n) is 21.9. The lowest BCUT2D eigenvalue weighted by Gasteiger charge is -2.36. The number of amidine groups is 1. The van der Waals surface area contributed by atoms with Crippen molar-refractivity contribution in [3.63, 3.8) is 0 Å². The van der Waals surface area contributed by atoms with Crippen molar-refractivity contribution in [2.45, 2.75) is 182 Å². The Morgan fingerprint density at radius 2 is 1.69 bits per heavy atom.